The molecule has 1 N–H and O–H groups in total. The van der Waals surface area contributed by atoms with Crippen LogP contribution in [0.5, 0.6) is 11.5 Å². The molecule has 0 radical (unpaired) electrons. The van der Waals surface area contributed by atoms with Crippen LogP contribution in [0.3, 0.4) is 0 Å². The molecule has 194 valence electrons. The van der Waals surface area contributed by atoms with Gasteiger partial charge in [0.1, 0.15) is 0 Å². The first-order chi connectivity index (χ1) is 17.7. The first-order valence-electron chi connectivity index (χ1n) is 12.3. The van der Waals surface area contributed by atoms with E-state index < -0.39 is 5.97 Å². The highest BCUT2D eigenvalue weighted by atomic mass is 16.6. The molecule has 12 heteroatoms. The molecule has 12 nitrogen and oxygen atoms in total. The molecule has 0 spiro atoms. The van der Waals surface area contributed by atoms with E-state index in [9.17, 15) is 4.79 Å². The molecule has 2 fully saturated rings. The minimum absolute atomic E-state index is 0.199. The molecule has 36 heavy (non-hydrogen) atoms. The molecule has 0 bridgehead atoms. The minimum atomic E-state index is -0.468. The van der Waals surface area contributed by atoms with Crippen LogP contribution in [0.1, 0.15) is 31.7 Å². The Morgan fingerprint density at radius 1 is 1.03 bits per heavy atom. The molecule has 2 aromatic rings. The van der Waals surface area contributed by atoms with Gasteiger partial charge in [0.25, 0.3) is 0 Å². The Kier molecular flexibility index (Phi) is 9.09. The van der Waals surface area contributed by atoms with Crippen molar-refractivity contribution in [2.45, 2.75) is 26.2 Å². The summed E-state index contributed by atoms with van der Waals surface area (Å²) in [4.78, 5) is 29.7. The highest BCUT2D eigenvalue weighted by molar-refractivity contribution is 5.81. The maximum absolute atomic E-state index is 11.4. The summed E-state index contributed by atoms with van der Waals surface area (Å²) in [7, 11) is 1.31. The number of piperidine rings is 1. The van der Waals surface area contributed by atoms with Crippen LogP contribution in [-0.4, -0.2) is 86.9 Å². The number of rotatable bonds is 10. The smallest absolute Gasteiger partial charge is 0.343 e. The van der Waals surface area contributed by atoms with E-state index in [0.29, 0.717) is 49.2 Å². The maximum Gasteiger partial charge on any atom is 0.343 e. The van der Waals surface area contributed by atoms with Crippen LogP contribution < -0.4 is 24.7 Å². The van der Waals surface area contributed by atoms with Gasteiger partial charge in [-0.3, -0.25) is 0 Å². The van der Waals surface area contributed by atoms with Gasteiger partial charge in [0.2, 0.25) is 17.8 Å². The van der Waals surface area contributed by atoms with E-state index in [-0.39, 0.29) is 6.61 Å². The van der Waals surface area contributed by atoms with Gasteiger partial charge in [0.05, 0.1) is 33.1 Å². The first kappa shape index (κ1) is 25.4. The van der Waals surface area contributed by atoms with Crippen LogP contribution >= 0.6 is 0 Å². The van der Waals surface area contributed by atoms with Gasteiger partial charge in [-0.1, -0.05) is 0 Å². The van der Waals surface area contributed by atoms with Crippen molar-refractivity contribution in [2.24, 2.45) is 5.10 Å². The predicted octanol–water partition coefficient (Wildman–Crippen LogP) is 2.09. The van der Waals surface area contributed by atoms with Crippen molar-refractivity contribution in [3.8, 4) is 11.5 Å². The number of morpholine rings is 1. The Balaban J connectivity index is 1.49. The summed E-state index contributed by atoms with van der Waals surface area (Å²) in [6, 6.07) is 5.32. The molecule has 2 aliphatic rings. The van der Waals surface area contributed by atoms with Crippen molar-refractivity contribution in [3.05, 3.63) is 23.8 Å². The van der Waals surface area contributed by atoms with Crippen molar-refractivity contribution in [1.29, 1.82) is 0 Å². The number of nitrogens with one attached hydrogen (secondary N) is 1. The van der Waals surface area contributed by atoms with Crippen LogP contribution in [-0.2, 0) is 14.3 Å². The lowest BCUT2D eigenvalue weighted by Gasteiger charge is -2.30. The van der Waals surface area contributed by atoms with Crippen molar-refractivity contribution < 1.29 is 23.7 Å². The van der Waals surface area contributed by atoms with Crippen molar-refractivity contribution in [3.63, 3.8) is 0 Å². The van der Waals surface area contributed by atoms with E-state index in [1.54, 1.807) is 18.3 Å². The number of carbonyl (C=O) groups excluding carboxylic acids is 1. The third-order valence-corrected chi connectivity index (χ3v) is 5.76. The van der Waals surface area contributed by atoms with Gasteiger partial charge < -0.3 is 28.7 Å². The molecule has 0 unspecified atom stereocenters. The summed E-state index contributed by atoms with van der Waals surface area (Å²) in [5.41, 5.74) is 3.73. The number of benzene rings is 1. The summed E-state index contributed by atoms with van der Waals surface area (Å²) in [5.74, 6) is 2.15. The number of hydrazone groups is 1. The number of aromatic nitrogens is 3. The quantitative estimate of drug-likeness (QED) is 0.294. The van der Waals surface area contributed by atoms with E-state index in [4.69, 9.17) is 19.2 Å². The predicted molar refractivity (Wildman–Crippen MR) is 135 cm³/mol. The third-order valence-electron chi connectivity index (χ3n) is 5.76. The lowest BCUT2D eigenvalue weighted by molar-refractivity contribution is -0.142. The highest BCUT2D eigenvalue weighted by Gasteiger charge is 2.20. The summed E-state index contributed by atoms with van der Waals surface area (Å²) in [6.07, 6.45) is 5.12. The number of carbonyl (C=O) groups is 1. The van der Waals surface area contributed by atoms with Crippen LogP contribution in [0.15, 0.2) is 23.3 Å². The lowest BCUT2D eigenvalue weighted by atomic mass is 10.1. The van der Waals surface area contributed by atoms with Crippen LogP contribution in [0.4, 0.5) is 17.8 Å². The monoisotopic (exact) mass is 499 g/mol. The highest BCUT2D eigenvalue weighted by Crippen LogP contribution is 2.28. The Hall–Kier alpha value is -3.67. The van der Waals surface area contributed by atoms with E-state index in [1.165, 1.54) is 13.5 Å². The standard InChI is InChI=1S/C24H33N7O5/c1-3-35-20-15-18(7-8-19(20)36-17-21(32)33-2)16-25-29-22-26-23(30-9-5-4-6-10-30)28-24(27-22)31-11-13-34-14-12-31/h7-8,15-16H,3-6,9-14,17H2,1-2H3,(H,26,27,28,29). The molecular formula is C24H33N7O5. The molecule has 1 aromatic carbocycles. The molecule has 0 saturated carbocycles. The number of nitrogens with zero attached hydrogens (tertiary/aromatic N) is 6. The van der Waals surface area contributed by atoms with Crippen molar-refractivity contribution in [2.75, 3.05) is 74.9 Å². The molecule has 3 heterocycles. The normalized spacial score (nSPS) is 16.2. The number of methoxy groups -OCH3 is 1. The van der Waals surface area contributed by atoms with Crippen molar-refractivity contribution in [1.82, 2.24) is 15.0 Å². The van der Waals surface area contributed by atoms with E-state index in [0.717, 1.165) is 44.6 Å². The number of anilines is 3. The van der Waals surface area contributed by atoms with Crippen LogP contribution in [0.2, 0.25) is 0 Å². The number of hydrogen-bond acceptors (Lipinski definition) is 12. The second-order valence-corrected chi connectivity index (χ2v) is 8.28. The fourth-order valence-corrected chi connectivity index (χ4v) is 3.90. The van der Waals surface area contributed by atoms with Crippen LogP contribution in [0, 0.1) is 0 Å². The number of ether oxygens (including phenoxy) is 4. The van der Waals surface area contributed by atoms with Gasteiger partial charge in [0, 0.05) is 26.2 Å². The zero-order valence-corrected chi connectivity index (χ0v) is 20.8. The average molecular weight is 500 g/mol. The molecule has 4 rings (SSSR count). The minimum Gasteiger partial charge on any atom is -0.490 e. The Bertz CT molecular complexity index is 1000. The second-order valence-electron chi connectivity index (χ2n) is 8.28. The van der Waals surface area contributed by atoms with E-state index in [1.807, 2.05) is 13.0 Å². The lowest BCUT2D eigenvalue weighted by Crippen LogP contribution is -2.38. The molecule has 0 atom stereocenters. The zero-order valence-electron chi connectivity index (χ0n) is 20.8. The van der Waals surface area contributed by atoms with Gasteiger partial charge in [-0.15, -0.1) is 0 Å². The first-order valence-corrected chi connectivity index (χ1v) is 12.3. The SMILES string of the molecule is CCOc1cc(C=NNc2nc(N3CCCCC3)nc(N3CCOCC3)n2)ccc1OCC(=O)OC. The van der Waals surface area contributed by atoms with Gasteiger partial charge in [-0.2, -0.15) is 20.1 Å². The van der Waals surface area contributed by atoms with Gasteiger partial charge in [-0.25, -0.2) is 10.2 Å². The summed E-state index contributed by atoms with van der Waals surface area (Å²) >= 11 is 0. The molecule has 0 amide bonds. The Labute approximate surface area is 210 Å². The number of hydrogen-bond donors (Lipinski definition) is 1. The molecule has 1 aromatic heterocycles. The number of esters is 1. The fraction of sp³-hybridized carbons (Fsp3) is 0.542. The molecule has 0 aliphatic carbocycles. The van der Waals surface area contributed by atoms with E-state index in [2.05, 4.69) is 35.0 Å². The van der Waals surface area contributed by atoms with Gasteiger partial charge >= 0.3 is 5.97 Å². The van der Waals surface area contributed by atoms with E-state index >= 15 is 0 Å². The van der Waals surface area contributed by atoms with Gasteiger partial charge in [0.15, 0.2) is 18.1 Å². The zero-order chi connectivity index (χ0) is 25.2. The Morgan fingerprint density at radius 2 is 1.75 bits per heavy atom. The summed E-state index contributed by atoms with van der Waals surface area (Å²) < 4.78 is 21.3. The third kappa shape index (κ3) is 6.94. The molecule has 2 saturated heterocycles. The van der Waals surface area contributed by atoms with Gasteiger partial charge in [-0.05, 0) is 49.9 Å². The summed E-state index contributed by atoms with van der Waals surface area (Å²) in [6.45, 7) is 6.74. The Morgan fingerprint density at radius 3 is 2.44 bits per heavy atom. The average Bonchev–Trinajstić information content (AvgIpc) is 2.93. The van der Waals surface area contributed by atoms with Crippen molar-refractivity contribution >= 4 is 30.0 Å². The largest absolute Gasteiger partial charge is 0.490 e. The van der Waals surface area contributed by atoms with Crippen LogP contribution in [0.25, 0.3) is 0 Å². The second kappa shape index (κ2) is 12.9. The molecular weight excluding hydrogens is 466 g/mol. The summed E-state index contributed by atoms with van der Waals surface area (Å²) in [5, 5.41) is 4.34. The molecule has 2 aliphatic heterocycles. The fourth-order valence-electron chi connectivity index (χ4n) is 3.90. The maximum atomic E-state index is 11.4. The topological polar surface area (TPSA) is 124 Å².